The van der Waals surface area contributed by atoms with Gasteiger partial charge in [-0.1, -0.05) is 51.3 Å². The summed E-state index contributed by atoms with van der Waals surface area (Å²) in [6, 6.07) is 7.64. The van der Waals surface area contributed by atoms with Gasteiger partial charge < -0.3 is 9.64 Å². The average Bonchev–Trinajstić information content (AvgIpc) is 2.71. The third kappa shape index (κ3) is 5.19. The van der Waals surface area contributed by atoms with Gasteiger partial charge in [-0.3, -0.25) is 0 Å². The summed E-state index contributed by atoms with van der Waals surface area (Å²) in [7, 11) is 1.63. The first-order valence-corrected chi connectivity index (χ1v) is 10.2. The van der Waals surface area contributed by atoms with E-state index in [1.165, 1.54) is 11.3 Å². The van der Waals surface area contributed by atoms with Crippen LogP contribution in [0.3, 0.4) is 0 Å². The monoisotopic (exact) mass is 407 g/mol. The average molecular weight is 407 g/mol. The van der Waals surface area contributed by atoms with Gasteiger partial charge in [-0.25, -0.2) is 4.98 Å². The van der Waals surface area contributed by atoms with Gasteiger partial charge >= 0.3 is 12.2 Å². The van der Waals surface area contributed by atoms with Gasteiger partial charge in [-0.2, -0.15) is 18.2 Å². The van der Waals surface area contributed by atoms with Crippen LogP contribution in [-0.4, -0.2) is 23.6 Å². The maximum Gasteiger partial charge on any atom is 0.421 e. The van der Waals surface area contributed by atoms with Crippen molar-refractivity contribution in [3.63, 3.8) is 0 Å². The van der Waals surface area contributed by atoms with Crippen LogP contribution in [0.1, 0.15) is 63.0 Å². The van der Waals surface area contributed by atoms with Gasteiger partial charge in [-0.05, 0) is 36.3 Å². The zero-order chi connectivity index (χ0) is 21.0. The smallest absolute Gasteiger partial charge is 0.421 e. The highest BCUT2D eigenvalue weighted by Gasteiger charge is 2.37. The summed E-state index contributed by atoms with van der Waals surface area (Å²) < 4.78 is 46.5. The van der Waals surface area contributed by atoms with Crippen molar-refractivity contribution in [3.05, 3.63) is 41.6 Å². The maximum atomic E-state index is 13.7. The predicted molar refractivity (Wildman–Crippen MR) is 108 cm³/mol. The zero-order valence-corrected chi connectivity index (χ0v) is 17.2. The molecule has 7 heteroatoms. The van der Waals surface area contributed by atoms with Crippen molar-refractivity contribution in [2.45, 2.75) is 58.0 Å². The van der Waals surface area contributed by atoms with Crippen LogP contribution in [0.15, 0.2) is 30.5 Å². The molecule has 0 atom stereocenters. The van der Waals surface area contributed by atoms with Gasteiger partial charge in [-0.15, -0.1) is 0 Å². The number of anilines is 2. The summed E-state index contributed by atoms with van der Waals surface area (Å²) in [6.45, 7) is 4.25. The van der Waals surface area contributed by atoms with Crippen LogP contribution in [-0.2, 0) is 6.18 Å². The Morgan fingerprint density at radius 2 is 1.83 bits per heavy atom. The molecule has 4 nitrogen and oxygen atoms in total. The molecule has 0 bridgehead atoms. The first-order chi connectivity index (χ1) is 13.8. The third-order valence-electron chi connectivity index (χ3n) is 5.26. The fourth-order valence-corrected chi connectivity index (χ4v) is 3.79. The Hall–Kier alpha value is -2.31. The Labute approximate surface area is 170 Å². The molecule has 0 unspecified atom stereocenters. The number of ether oxygens (including phenoxy) is 1. The van der Waals surface area contributed by atoms with Crippen molar-refractivity contribution in [1.29, 1.82) is 0 Å². The van der Waals surface area contributed by atoms with Crippen molar-refractivity contribution in [3.8, 4) is 6.01 Å². The topological polar surface area (TPSA) is 38.2 Å². The Bertz CT molecular complexity index is 817. The van der Waals surface area contributed by atoms with E-state index in [0.717, 1.165) is 43.1 Å². The molecule has 29 heavy (non-hydrogen) atoms. The molecule has 0 N–H and O–H groups in total. The number of aromatic nitrogens is 2. The van der Waals surface area contributed by atoms with Crippen LogP contribution in [0.4, 0.5) is 24.7 Å². The quantitative estimate of drug-likeness (QED) is 0.560. The Morgan fingerprint density at radius 3 is 2.48 bits per heavy atom. The molecule has 0 spiro atoms. The second-order valence-electron chi connectivity index (χ2n) is 8.05. The van der Waals surface area contributed by atoms with E-state index in [1.807, 2.05) is 38.1 Å². The highest BCUT2D eigenvalue weighted by molar-refractivity contribution is 5.66. The number of hydrogen-bond acceptors (Lipinski definition) is 4. The number of alkyl halides is 3. The molecule has 1 aliphatic carbocycles. The van der Waals surface area contributed by atoms with Crippen LogP contribution in [0.2, 0.25) is 0 Å². The summed E-state index contributed by atoms with van der Waals surface area (Å²) in [6.07, 6.45) is 1.90. The molecule has 0 radical (unpaired) electrons. The van der Waals surface area contributed by atoms with E-state index >= 15 is 0 Å². The van der Waals surface area contributed by atoms with E-state index < -0.39 is 11.7 Å². The Balaban J connectivity index is 2.01. The predicted octanol–water partition coefficient (Wildman–Crippen LogP) is 6.35. The van der Waals surface area contributed by atoms with Crippen LogP contribution in [0, 0.1) is 5.92 Å². The molecule has 1 saturated carbocycles. The number of nitrogens with zero attached hydrogens (tertiary/aromatic N) is 3. The van der Waals surface area contributed by atoms with Crippen LogP contribution >= 0.6 is 0 Å². The third-order valence-corrected chi connectivity index (χ3v) is 5.26. The van der Waals surface area contributed by atoms with Crippen molar-refractivity contribution in [1.82, 2.24) is 9.97 Å². The minimum Gasteiger partial charge on any atom is -0.463 e. The standard InChI is InChI=1S/C22H28F3N3O/c1-15(2)14-29-21-26-13-18(22(23,24)25)20(27-21)28(3)19-12-8-7-11-17(19)16-9-5-4-6-10-16/h7-8,11-13,15-16H,4-6,9-10,14H2,1-3H3. The van der Waals surface area contributed by atoms with Gasteiger partial charge in [0, 0.05) is 18.9 Å². The summed E-state index contributed by atoms with van der Waals surface area (Å²) in [4.78, 5) is 9.46. The Morgan fingerprint density at radius 1 is 1.14 bits per heavy atom. The van der Waals surface area contributed by atoms with Gasteiger partial charge in [0.05, 0.1) is 6.61 Å². The van der Waals surface area contributed by atoms with Gasteiger partial charge in [0.15, 0.2) is 5.82 Å². The van der Waals surface area contributed by atoms with Crippen LogP contribution < -0.4 is 9.64 Å². The number of benzene rings is 1. The van der Waals surface area contributed by atoms with E-state index in [-0.39, 0.29) is 17.7 Å². The first kappa shape index (κ1) is 21.4. The normalized spacial score (nSPS) is 15.6. The van der Waals surface area contributed by atoms with Gasteiger partial charge in [0.1, 0.15) is 5.56 Å². The minimum atomic E-state index is -4.56. The van der Waals surface area contributed by atoms with Crippen LogP contribution in [0.25, 0.3) is 0 Å². The van der Waals surface area contributed by atoms with Crippen molar-refractivity contribution >= 4 is 11.5 Å². The van der Waals surface area contributed by atoms with E-state index in [1.54, 1.807) is 7.05 Å². The highest BCUT2D eigenvalue weighted by atomic mass is 19.4. The van der Waals surface area contributed by atoms with Crippen molar-refractivity contribution in [2.75, 3.05) is 18.6 Å². The second kappa shape index (κ2) is 9.01. The van der Waals surface area contributed by atoms with Gasteiger partial charge in [0.2, 0.25) is 0 Å². The minimum absolute atomic E-state index is 0.0382. The molecule has 1 aromatic heterocycles. The van der Waals surface area contributed by atoms with Gasteiger partial charge in [0.25, 0.3) is 0 Å². The molecule has 0 aliphatic heterocycles. The molecule has 1 aromatic carbocycles. The maximum absolute atomic E-state index is 13.7. The molecule has 158 valence electrons. The highest BCUT2D eigenvalue weighted by Crippen LogP contribution is 2.42. The number of hydrogen-bond donors (Lipinski definition) is 0. The second-order valence-corrected chi connectivity index (χ2v) is 8.05. The number of rotatable bonds is 6. The summed E-state index contributed by atoms with van der Waals surface area (Å²) in [5.41, 5.74) is 0.958. The largest absolute Gasteiger partial charge is 0.463 e. The van der Waals surface area contributed by atoms with E-state index in [4.69, 9.17) is 4.74 Å². The lowest BCUT2D eigenvalue weighted by Crippen LogP contribution is -2.21. The lowest BCUT2D eigenvalue weighted by molar-refractivity contribution is -0.137. The molecule has 0 saturated heterocycles. The molecule has 1 heterocycles. The molecular formula is C22H28F3N3O. The molecule has 2 aromatic rings. The van der Waals surface area contributed by atoms with Crippen LogP contribution in [0.5, 0.6) is 6.01 Å². The van der Waals surface area contributed by atoms with Crippen molar-refractivity contribution in [2.24, 2.45) is 5.92 Å². The van der Waals surface area contributed by atoms with E-state index in [2.05, 4.69) is 9.97 Å². The molecular weight excluding hydrogens is 379 g/mol. The fourth-order valence-electron chi connectivity index (χ4n) is 3.79. The van der Waals surface area contributed by atoms with E-state index in [0.29, 0.717) is 12.5 Å². The molecule has 1 fully saturated rings. The van der Waals surface area contributed by atoms with Crippen molar-refractivity contribution < 1.29 is 17.9 Å². The van der Waals surface area contributed by atoms with E-state index in [9.17, 15) is 13.2 Å². The number of halogens is 3. The zero-order valence-electron chi connectivity index (χ0n) is 17.2. The Kier molecular flexibility index (Phi) is 6.65. The lowest BCUT2D eigenvalue weighted by atomic mass is 9.83. The summed E-state index contributed by atoms with van der Waals surface area (Å²) in [5.74, 6) is 0.388. The molecule has 3 rings (SSSR count). The summed E-state index contributed by atoms with van der Waals surface area (Å²) in [5, 5.41) is 0. The summed E-state index contributed by atoms with van der Waals surface area (Å²) >= 11 is 0. The SMILES string of the molecule is CC(C)COc1ncc(C(F)(F)F)c(N(C)c2ccccc2C2CCCCC2)n1. The first-order valence-electron chi connectivity index (χ1n) is 10.2. The number of para-hydroxylation sites is 1. The lowest BCUT2D eigenvalue weighted by Gasteiger charge is -2.29. The molecule has 0 amide bonds. The fraction of sp³-hybridized carbons (Fsp3) is 0.545. The molecule has 1 aliphatic rings.